The number of amides is 1. The number of nitrogens with zero attached hydrogens (tertiary/aromatic N) is 2. The molecule has 1 aliphatic heterocycles. The zero-order chi connectivity index (χ0) is 17.9. The van der Waals surface area contributed by atoms with Gasteiger partial charge in [0, 0.05) is 25.0 Å². The molecule has 0 unspecified atom stereocenters. The molecule has 0 radical (unpaired) electrons. The maximum absolute atomic E-state index is 12.5. The topological polar surface area (TPSA) is 79.4 Å². The van der Waals surface area contributed by atoms with Gasteiger partial charge in [0.2, 0.25) is 15.9 Å². The van der Waals surface area contributed by atoms with Gasteiger partial charge in [0.15, 0.2) is 0 Å². The van der Waals surface area contributed by atoms with Gasteiger partial charge in [-0.3, -0.25) is 4.79 Å². The van der Waals surface area contributed by atoms with Crippen LogP contribution < -0.4 is 5.32 Å². The lowest BCUT2D eigenvalue weighted by Gasteiger charge is -2.15. The summed E-state index contributed by atoms with van der Waals surface area (Å²) >= 11 is 1.52. The van der Waals surface area contributed by atoms with E-state index in [4.69, 9.17) is 0 Å². The molecular weight excluding hydrogens is 358 g/mol. The van der Waals surface area contributed by atoms with Gasteiger partial charge in [0.1, 0.15) is 0 Å². The number of aryl methyl sites for hydroxylation is 1. The van der Waals surface area contributed by atoms with Crippen molar-refractivity contribution in [2.24, 2.45) is 0 Å². The number of aromatic nitrogens is 1. The van der Waals surface area contributed by atoms with Gasteiger partial charge in [-0.2, -0.15) is 4.31 Å². The molecule has 6 nitrogen and oxygen atoms in total. The van der Waals surface area contributed by atoms with Gasteiger partial charge in [0.25, 0.3) is 0 Å². The largest absolute Gasteiger partial charge is 0.352 e. The van der Waals surface area contributed by atoms with Crippen LogP contribution in [0.2, 0.25) is 0 Å². The van der Waals surface area contributed by atoms with Crippen molar-refractivity contribution in [3.8, 4) is 0 Å². The Labute approximate surface area is 151 Å². The Morgan fingerprint density at radius 3 is 2.52 bits per heavy atom. The molecule has 0 spiro atoms. The molecule has 2 heterocycles. The first-order chi connectivity index (χ1) is 11.9. The van der Waals surface area contributed by atoms with Crippen molar-refractivity contribution in [2.75, 3.05) is 13.1 Å². The second-order valence-electron chi connectivity index (χ2n) is 6.07. The van der Waals surface area contributed by atoms with Gasteiger partial charge < -0.3 is 5.32 Å². The highest BCUT2D eigenvalue weighted by Crippen LogP contribution is 2.21. The Hall–Kier alpha value is -1.77. The van der Waals surface area contributed by atoms with Crippen LogP contribution in [0.3, 0.4) is 0 Å². The summed E-state index contributed by atoms with van der Waals surface area (Å²) in [6, 6.07) is 6.71. The monoisotopic (exact) mass is 379 g/mol. The van der Waals surface area contributed by atoms with E-state index >= 15 is 0 Å². The van der Waals surface area contributed by atoms with Crippen molar-refractivity contribution in [3.05, 3.63) is 45.9 Å². The van der Waals surface area contributed by atoms with E-state index in [1.54, 1.807) is 24.3 Å². The molecular formula is C17H21N3O3S2. The highest BCUT2D eigenvalue weighted by atomic mass is 32.2. The van der Waals surface area contributed by atoms with Crippen LogP contribution in [0.15, 0.2) is 34.5 Å². The van der Waals surface area contributed by atoms with Crippen molar-refractivity contribution in [3.63, 3.8) is 0 Å². The number of hydrogen-bond donors (Lipinski definition) is 1. The zero-order valence-corrected chi connectivity index (χ0v) is 15.7. The minimum atomic E-state index is -3.39. The van der Waals surface area contributed by atoms with Gasteiger partial charge in [-0.1, -0.05) is 12.1 Å². The molecule has 1 fully saturated rings. The second kappa shape index (κ2) is 7.63. The number of thiazole rings is 1. The smallest absolute Gasteiger partial charge is 0.243 e. The molecule has 25 heavy (non-hydrogen) atoms. The van der Waals surface area contributed by atoms with Crippen LogP contribution in [0.4, 0.5) is 0 Å². The fourth-order valence-corrected chi connectivity index (χ4v) is 4.90. The molecule has 1 saturated heterocycles. The number of carbonyl (C=O) groups excluding carboxylic acids is 1. The average Bonchev–Trinajstić information content (AvgIpc) is 3.26. The summed E-state index contributed by atoms with van der Waals surface area (Å²) in [5.41, 5.74) is 1.63. The van der Waals surface area contributed by atoms with E-state index in [1.165, 1.54) is 15.6 Å². The summed E-state index contributed by atoms with van der Waals surface area (Å²) in [4.78, 5) is 16.5. The highest BCUT2D eigenvalue weighted by Gasteiger charge is 2.26. The minimum Gasteiger partial charge on any atom is -0.352 e. The molecule has 1 aromatic carbocycles. The normalized spacial score (nSPS) is 15.4. The summed E-state index contributed by atoms with van der Waals surface area (Å²) in [6.07, 6.45) is 2.09. The molecule has 1 amide bonds. The lowest BCUT2D eigenvalue weighted by Crippen LogP contribution is -2.28. The summed E-state index contributed by atoms with van der Waals surface area (Å²) in [7, 11) is -3.39. The Morgan fingerprint density at radius 2 is 1.92 bits per heavy atom. The quantitative estimate of drug-likeness (QED) is 0.834. The van der Waals surface area contributed by atoms with E-state index in [1.807, 2.05) is 12.3 Å². The Kier molecular flexibility index (Phi) is 5.51. The first-order valence-electron chi connectivity index (χ1n) is 8.22. The molecule has 2 aromatic rings. The number of hydrogen-bond acceptors (Lipinski definition) is 5. The van der Waals surface area contributed by atoms with Crippen LogP contribution >= 0.6 is 11.3 Å². The number of sulfonamides is 1. The number of nitrogens with one attached hydrogen (secondary N) is 1. The second-order valence-corrected chi connectivity index (χ2v) is 9.07. The van der Waals surface area contributed by atoms with Gasteiger partial charge in [0.05, 0.1) is 22.0 Å². The van der Waals surface area contributed by atoms with E-state index in [-0.39, 0.29) is 12.3 Å². The Bertz CT molecular complexity index is 838. The van der Waals surface area contributed by atoms with Crippen molar-refractivity contribution < 1.29 is 13.2 Å². The Morgan fingerprint density at radius 1 is 1.24 bits per heavy atom. The first-order valence-corrected chi connectivity index (χ1v) is 10.5. The molecule has 1 aromatic heterocycles. The van der Waals surface area contributed by atoms with Crippen LogP contribution in [0, 0.1) is 6.92 Å². The molecule has 3 rings (SSSR count). The zero-order valence-electron chi connectivity index (χ0n) is 14.1. The molecule has 1 N–H and O–H groups in total. The molecule has 0 aliphatic carbocycles. The van der Waals surface area contributed by atoms with E-state index in [9.17, 15) is 13.2 Å². The standard InChI is InChI=1S/C17H21N3O3S2/c1-13-19-15(12-24-13)10-17(21)18-11-14-4-6-16(7-5-14)25(22,23)20-8-2-3-9-20/h4-7,12H,2-3,8-11H2,1H3,(H,18,21). The maximum atomic E-state index is 12.5. The molecule has 0 bridgehead atoms. The summed E-state index contributed by atoms with van der Waals surface area (Å²) in [6.45, 7) is 3.46. The molecule has 0 atom stereocenters. The fraction of sp³-hybridized carbons (Fsp3) is 0.412. The molecule has 8 heteroatoms. The molecule has 134 valence electrons. The predicted molar refractivity (Wildman–Crippen MR) is 96.8 cm³/mol. The lowest BCUT2D eigenvalue weighted by atomic mass is 10.2. The van der Waals surface area contributed by atoms with E-state index in [0.29, 0.717) is 24.5 Å². The average molecular weight is 380 g/mol. The first kappa shape index (κ1) is 18.0. The van der Waals surface area contributed by atoms with Crippen molar-refractivity contribution in [2.45, 2.75) is 37.6 Å². The molecule has 0 saturated carbocycles. The van der Waals surface area contributed by atoms with Crippen molar-refractivity contribution >= 4 is 27.3 Å². The van der Waals surface area contributed by atoms with E-state index < -0.39 is 10.0 Å². The molecule has 1 aliphatic rings. The van der Waals surface area contributed by atoms with Crippen LogP contribution in [-0.2, 0) is 27.8 Å². The van der Waals surface area contributed by atoms with Crippen molar-refractivity contribution in [1.82, 2.24) is 14.6 Å². The predicted octanol–water partition coefficient (Wildman–Crippen LogP) is 2.09. The fourth-order valence-electron chi connectivity index (χ4n) is 2.77. The lowest BCUT2D eigenvalue weighted by molar-refractivity contribution is -0.120. The highest BCUT2D eigenvalue weighted by molar-refractivity contribution is 7.89. The van der Waals surface area contributed by atoms with Crippen LogP contribution in [-0.4, -0.2) is 36.7 Å². The van der Waals surface area contributed by atoms with Gasteiger partial charge >= 0.3 is 0 Å². The summed E-state index contributed by atoms with van der Waals surface area (Å²) in [5.74, 6) is -0.0981. The van der Waals surface area contributed by atoms with Crippen LogP contribution in [0.5, 0.6) is 0 Å². The van der Waals surface area contributed by atoms with Gasteiger partial charge in [-0.15, -0.1) is 11.3 Å². The Balaban J connectivity index is 1.56. The van der Waals surface area contributed by atoms with E-state index in [0.717, 1.165) is 29.1 Å². The summed E-state index contributed by atoms with van der Waals surface area (Å²) < 4.78 is 26.5. The SMILES string of the molecule is Cc1nc(CC(=O)NCc2ccc(S(=O)(=O)N3CCCC3)cc2)cs1. The maximum Gasteiger partial charge on any atom is 0.243 e. The number of carbonyl (C=O) groups is 1. The number of benzene rings is 1. The number of rotatable bonds is 6. The van der Waals surface area contributed by atoms with Crippen LogP contribution in [0.1, 0.15) is 29.1 Å². The van der Waals surface area contributed by atoms with E-state index in [2.05, 4.69) is 10.3 Å². The summed E-state index contributed by atoms with van der Waals surface area (Å²) in [5, 5.41) is 5.66. The minimum absolute atomic E-state index is 0.0981. The van der Waals surface area contributed by atoms with Gasteiger partial charge in [-0.05, 0) is 37.5 Å². The van der Waals surface area contributed by atoms with Gasteiger partial charge in [-0.25, -0.2) is 13.4 Å². The van der Waals surface area contributed by atoms with Crippen LogP contribution in [0.25, 0.3) is 0 Å². The third kappa shape index (κ3) is 4.45. The van der Waals surface area contributed by atoms with Crippen molar-refractivity contribution in [1.29, 1.82) is 0 Å². The third-order valence-electron chi connectivity index (χ3n) is 4.12. The third-order valence-corrected chi connectivity index (χ3v) is 6.86.